The second-order valence-electron chi connectivity index (χ2n) is 9.37. The van der Waals surface area contributed by atoms with Gasteiger partial charge in [-0.05, 0) is 90.7 Å². The highest BCUT2D eigenvalue weighted by Crippen LogP contribution is 2.59. The fourth-order valence-corrected chi connectivity index (χ4v) is 6.49. The lowest BCUT2D eigenvalue weighted by atomic mass is 9.53. The van der Waals surface area contributed by atoms with Crippen molar-refractivity contribution in [2.45, 2.75) is 91.3 Å². The van der Waals surface area contributed by atoms with Crippen molar-refractivity contribution in [3.05, 3.63) is 22.9 Å². The summed E-state index contributed by atoms with van der Waals surface area (Å²) < 4.78 is 0. The zero-order valence-electron chi connectivity index (χ0n) is 19.8. The molecule has 5 heteroatoms. The van der Waals surface area contributed by atoms with Crippen LogP contribution in [0.4, 0.5) is 0 Å². The molecule has 7 atom stereocenters. The maximum Gasteiger partial charge on any atom is 0.0596 e. The van der Waals surface area contributed by atoms with Crippen molar-refractivity contribution in [1.29, 1.82) is 0 Å². The van der Waals surface area contributed by atoms with Crippen LogP contribution in [0.15, 0.2) is 22.9 Å². The van der Waals surface area contributed by atoms with E-state index in [0.29, 0.717) is 11.8 Å². The highest BCUT2D eigenvalue weighted by molar-refractivity contribution is 7.07. The average molecular weight is 443 g/mol. The number of aliphatic hydroxyl groups is 4. The fraction of sp³-hybridized carbons (Fsp3) is 0.840. The highest BCUT2D eigenvalue weighted by Gasteiger charge is 2.53. The van der Waals surface area contributed by atoms with Gasteiger partial charge in [-0.25, -0.2) is 0 Å². The average Bonchev–Trinajstić information content (AvgIpc) is 3.45. The number of hydrogen-bond acceptors (Lipinski definition) is 5. The Morgan fingerprint density at radius 3 is 1.93 bits per heavy atom. The molecule has 7 unspecified atom stereocenters. The van der Waals surface area contributed by atoms with Gasteiger partial charge >= 0.3 is 0 Å². The number of hydrogen-bond donors (Lipinski definition) is 4. The monoisotopic (exact) mass is 442 g/mol. The molecule has 4 nitrogen and oxygen atoms in total. The van der Waals surface area contributed by atoms with Crippen LogP contribution in [0, 0.1) is 28.6 Å². The Labute approximate surface area is 188 Å². The molecule has 0 radical (unpaired) electrons. The lowest BCUT2D eigenvalue weighted by Crippen LogP contribution is -2.47. The molecule has 0 amide bonds. The van der Waals surface area contributed by atoms with Crippen LogP contribution in [0.1, 0.15) is 79.1 Å². The maximum atomic E-state index is 10.3. The summed E-state index contributed by atoms with van der Waals surface area (Å²) in [5.74, 6) is 1.53. The second kappa shape index (κ2) is 13.2. The Hall–Kier alpha value is -0.460. The quantitative estimate of drug-likeness (QED) is 0.513. The minimum Gasteiger partial charge on any atom is -0.400 e. The van der Waals surface area contributed by atoms with Crippen LogP contribution in [0.5, 0.6) is 0 Å². The van der Waals surface area contributed by atoms with Gasteiger partial charge in [-0.1, -0.05) is 39.8 Å². The van der Waals surface area contributed by atoms with Gasteiger partial charge in [0.1, 0.15) is 0 Å². The first kappa shape index (κ1) is 27.6. The van der Waals surface area contributed by atoms with Gasteiger partial charge in [-0.3, -0.25) is 0 Å². The number of fused-ring (bicyclic) bond motifs is 1. The van der Waals surface area contributed by atoms with Gasteiger partial charge in [0.05, 0.1) is 12.2 Å². The van der Waals surface area contributed by atoms with Gasteiger partial charge in [0.15, 0.2) is 0 Å². The van der Waals surface area contributed by atoms with Gasteiger partial charge in [0.25, 0.3) is 0 Å². The van der Waals surface area contributed by atoms with E-state index in [1.54, 1.807) is 11.3 Å². The highest BCUT2D eigenvalue weighted by atomic mass is 32.1. The van der Waals surface area contributed by atoms with Crippen molar-refractivity contribution in [2.75, 3.05) is 13.7 Å². The predicted molar refractivity (Wildman–Crippen MR) is 127 cm³/mol. The minimum atomic E-state index is -0.225. The summed E-state index contributed by atoms with van der Waals surface area (Å²) in [5.41, 5.74) is 0.304. The molecule has 3 aliphatic rings. The zero-order chi connectivity index (χ0) is 22.8. The first-order valence-electron chi connectivity index (χ1n) is 11.8. The van der Waals surface area contributed by atoms with E-state index in [9.17, 15) is 15.3 Å². The Bertz CT molecular complexity index is 534. The number of rotatable bonds is 2. The molecule has 4 rings (SSSR count). The summed E-state index contributed by atoms with van der Waals surface area (Å²) in [6.07, 6.45) is 7.97. The summed E-state index contributed by atoms with van der Waals surface area (Å²) in [7, 11) is 1.00. The molecule has 0 aromatic carbocycles. The molecule has 0 bridgehead atoms. The first-order chi connectivity index (χ1) is 14.4. The molecule has 1 heterocycles. The van der Waals surface area contributed by atoms with Crippen LogP contribution in [-0.4, -0.2) is 46.4 Å². The van der Waals surface area contributed by atoms with E-state index in [2.05, 4.69) is 13.8 Å². The third kappa shape index (κ3) is 6.29. The molecule has 0 saturated heterocycles. The standard InChI is InChI=1S/C18H32O3.C4H4S.C2H6.CH4O/c1-17(8-6-15(20)10-14(17)11-19)13-5-7-18(2)12(9-13)3-4-16(18)21;1-2-4-5-3-1;2*1-2/h12-16,19-21H,3-11H2,1-2H3;1-4H;1-2H3;2H,1H3. The smallest absolute Gasteiger partial charge is 0.0596 e. The van der Waals surface area contributed by atoms with Crippen LogP contribution in [0.2, 0.25) is 0 Å². The van der Waals surface area contributed by atoms with Crippen molar-refractivity contribution < 1.29 is 20.4 Å². The van der Waals surface area contributed by atoms with Crippen LogP contribution in [-0.2, 0) is 0 Å². The Kier molecular flexibility index (Phi) is 12.1. The molecule has 176 valence electrons. The van der Waals surface area contributed by atoms with E-state index in [4.69, 9.17) is 5.11 Å². The van der Waals surface area contributed by atoms with Gasteiger partial charge in [-0.2, -0.15) is 11.3 Å². The van der Waals surface area contributed by atoms with Crippen molar-refractivity contribution in [2.24, 2.45) is 28.6 Å². The van der Waals surface area contributed by atoms with E-state index >= 15 is 0 Å². The SMILES string of the molecule is CC.CC12CCC(C3(C)CCC(O)CC3CO)CC1CCC2O.CO.c1ccsc1. The van der Waals surface area contributed by atoms with Gasteiger partial charge in [0.2, 0.25) is 0 Å². The third-order valence-corrected chi connectivity index (χ3v) is 8.80. The molecular formula is C25H46O4S. The molecule has 1 aromatic heterocycles. The first-order valence-corrected chi connectivity index (χ1v) is 12.7. The summed E-state index contributed by atoms with van der Waals surface area (Å²) in [5, 5.41) is 41.1. The topological polar surface area (TPSA) is 80.9 Å². The summed E-state index contributed by atoms with van der Waals surface area (Å²) in [4.78, 5) is 0. The normalized spacial score (nSPS) is 39.8. The lowest BCUT2D eigenvalue weighted by Gasteiger charge is -2.53. The molecule has 3 aliphatic carbocycles. The summed E-state index contributed by atoms with van der Waals surface area (Å²) in [6, 6.07) is 4.04. The number of aliphatic hydroxyl groups excluding tert-OH is 4. The van der Waals surface area contributed by atoms with Crippen molar-refractivity contribution in [1.82, 2.24) is 0 Å². The third-order valence-electron chi connectivity index (χ3n) is 8.17. The lowest BCUT2D eigenvalue weighted by molar-refractivity contribution is -0.0818. The van der Waals surface area contributed by atoms with Gasteiger partial charge in [-0.15, -0.1) is 0 Å². The van der Waals surface area contributed by atoms with Crippen molar-refractivity contribution in [3.63, 3.8) is 0 Å². The van der Waals surface area contributed by atoms with Crippen molar-refractivity contribution in [3.8, 4) is 0 Å². The van der Waals surface area contributed by atoms with Gasteiger partial charge < -0.3 is 20.4 Å². The maximum absolute atomic E-state index is 10.3. The van der Waals surface area contributed by atoms with E-state index in [1.807, 2.05) is 36.7 Å². The second-order valence-corrected chi connectivity index (χ2v) is 10.2. The molecule has 0 aliphatic heterocycles. The molecule has 4 N–H and O–H groups in total. The summed E-state index contributed by atoms with van der Waals surface area (Å²) in [6.45, 7) is 8.83. The van der Waals surface area contributed by atoms with Gasteiger partial charge in [0, 0.05) is 13.7 Å². The minimum absolute atomic E-state index is 0.113. The molecule has 3 fully saturated rings. The van der Waals surface area contributed by atoms with E-state index < -0.39 is 0 Å². The number of thiophene rings is 1. The molecule has 30 heavy (non-hydrogen) atoms. The fourth-order valence-electron chi connectivity index (χ4n) is 6.04. The van der Waals surface area contributed by atoms with E-state index in [1.165, 1.54) is 12.8 Å². The van der Waals surface area contributed by atoms with E-state index in [-0.39, 0.29) is 35.6 Å². The molecule has 0 spiro atoms. The van der Waals surface area contributed by atoms with Crippen LogP contribution < -0.4 is 0 Å². The Morgan fingerprint density at radius 2 is 1.40 bits per heavy atom. The van der Waals surface area contributed by atoms with Crippen LogP contribution in [0.3, 0.4) is 0 Å². The molecule has 1 aromatic rings. The Morgan fingerprint density at radius 1 is 0.833 bits per heavy atom. The largest absolute Gasteiger partial charge is 0.400 e. The zero-order valence-corrected chi connectivity index (χ0v) is 20.6. The van der Waals surface area contributed by atoms with Crippen LogP contribution >= 0.6 is 11.3 Å². The molecule has 3 saturated carbocycles. The van der Waals surface area contributed by atoms with E-state index in [0.717, 1.165) is 45.6 Å². The Balaban J connectivity index is 0.000000424. The summed E-state index contributed by atoms with van der Waals surface area (Å²) >= 11 is 1.71. The molecular weight excluding hydrogens is 396 g/mol. The van der Waals surface area contributed by atoms with Crippen molar-refractivity contribution >= 4 is 11.3 Å². The predicted octanol–water partition coefficient (Wildman–Crippen LogP) is 5.11. The van der Waals surface area contributed by atoms with Crippen LogP contribution in [0.25, 0.3) is 0 Å².